The minimum atomic E-state index is -0.571. The SMILES string of the molecule is COC1CC(NCC(O)COc2ccccc2Cl)C1(C)C. The molecule has 3 unspecified atom stereocenters. The van der Waals surface area contributed by atoms with Crippen LogP contribution in [0.1, 0.15) is 20.3 Å². The highest BCUT2D eigenvalue weighted by molar-refractivity contribution is 6.32. The molecule has 1 saturated carbocycles. The van der Waals surface area contributed by atoms with Crippen molar-refractivity contribution in [2.45, 2.75) is 38.5 Å². The number of ether oxygens (including phenoxy) is 2. The predicted octanol–water partition coefficient (Wildman–Crippen LogP) is 2.48. The van der Waals surface area contributed by atoms with Crippen molar-refractivity contribution in [1.82, 2.24) is 5.32 Å². The van der Waals surface area contributed by atoms with E-state index in [4.69, 9.17) is 21.1 Å². The summed E-state index contributed by atoms with van der Waals surface area (Å²) < 4.78 is 10.9. The fourth-order valence-corrected chi connectivity index (χ4v) is 2.91. The smallest absolute Gasteiger partial charge is 0.138 e. The quantitative estimate of drug-likeness (QED) is 0.812. The molecule has 2 rings (SSSR count). The fourth-order valence-electron chi connectivity index (χ4n) is 2.72. The molecule has 21 heavy (non-hydrogen) atoms. The molecule has 3 atom stereocenters. The van der Waals surface area contributed by atoms with E-state index >= 15 is 0 Å². The van der Waals surface area contributed by atoms with Gasteiger partial charge in [0.1, 0.15) is 18.5 Å². The first-order valence-electron chi connectivity index (χ1n) is 7.26. The van der Waals surface area contributed by atoms with Crippen molar-refractivity contribution in [2.24, 2.45) is 5.41 Å². The molecular formula is C16H24ClNO3. The molecular weight excluding hydrogens is 290 g/mol. The van der Waals surface area contributed by atoms with E-state index in [-0.39, 0.29) is 18.1 Å². The van der Waals surface area contributed by atoms with Gasteiger partial charge in [-0.1, -0.05) is 37.6 Å². The Balaban J connectivity index is 1.71. The number of aliphatic hydroxyl groups excluding tert-OH is 1. The Morgan fingerprint density at radius 1 is 1.43 bits per heavy atom. The summed E-state index contributed by atoms with van der Waals surface area (Å²) in [6, 6.07) is 7.62. The number of hydrogen-bond donors (Lipinski definition) is 2. The summed E-state index contributed by atoms with van der Waals surface area (Å²) in [4.78, 5) is 0. The van der Waals surface area contributed by atoms with Gasteiger partial charge in [0.15, 0.2) is 0 Å². The van der Waals surface area contributed by atoms with Gasteiger partial charge in [-0.15, -0.1) is 0 Å². The minimum absolute atomic E-state index is 0.0953. The third-order valence-corrected chi connectivity index (χ3v) is 4.64. The van der Waals surface area contributed by atoms with E-state index < -0.39 is 6.10 Å². The molecule has 0 amide bonds. The van der Waals surface area contributed by atoms with Gasteiger partial charge in [0, 0.05) is 25.1 Å². The molecule has 1 aromatic rings. The van der Waals surface area contributed by atoms with Crippen LogP contribution < -0.4 is 10.1 Å². The summed E-state index contributed by atoms with van der Waals surface area (Å²) in [6.07, 6.45) is 0.687. The van der Waals surface area contributed by atoms with Gasteiger partial charge < -0.3 is 19.9 Å². The highest BCUT2D eigenvalue weighted by atomic mass is 35.5. The topological polar surface area (TPSA) is 50.7 Å². The number of para-hydroxylation sites is 1. The first-order valence-corrected chi connectivity index (χ1v) is 7.64. The largest absolute Gasteiger partial charge is 0.489 e. The number of methoxy groups -OCH3 is 1. The number of benzene rings is 1. The standard InChI is InChI=1S/C16H24ClNO3/c1-16(2)14(8-15(16)20-3)18-9-11(19)10-21-13-7-5-4-6-12(13)17/h4-7,11,14-15,18-19H,8-10H2,1-3H3. The lowest BCUT2D eigenvalue weighted by Gasteiger charge is -2.51. The predicted molar refractivity (Wildman–Crippen MR) is 83.9 cm³/mol. The van der Waals surface area contributed by atoms with Crippen LogP contribution in [0.3, 0.4) is 0 Å². The van der Waals surface area contributed by atoms with E-state index in [1.54, 1.807) is 19.2 Å². The van der Waals surface area contributed by atoms with Crippen LogP contribution in [-0.2, 0) is 4.74 Å². The van der Waals surface area contributed by atoms with Gasteiger partial charge in [-0.25, -0.2) is 0 Å². The minimum Gasteiger partial charge on any atom is -0.489 e. The third-order valence-electron chi connectivity index (χ3n) is 4.33. The summed E-state index contributed by atoms with van der Waals surface area (Å²) in [5.41, 5.74) is 0.0953. The molecule has 0 heterocycles. The van der Waals surface area contributed by atoms with Crippen LogP contribution in [0.5, 0.6) is 5.75 Å². The maximum atomic E-state index is 10.0. The summed E-state index contributed by atoms with van der Waals surface area (Å²) in [5.74, 6) is 0.599. The zero-order valence-electron chi connectivity index (χ0n) is 12.8. The van der Waals surface area contributed by atoms with Crippen LogP contribution >= 0.6 is 11.6 Å². The van der Waals surface area contributed by atoms with Gasteiger partial charge in [-0.05, 0) is 18.6 Å². The Morgan fingerprint density at radius 2 is 2.14 bits per heavy atom. The molecule has 0 spiro atoms. The van der Waals surface area contributed by atoms with E-state index in [9.17, 15) is 5.11 Å². The Labute approximate surface area is 131 Å². The van der Waals surface area contributed by atoms with Gasteiger partial charge >= 0.3 is 0 Å². The Hall–Kier alpha value is -0.810. The van der Waals surface area contributed by atoms with Crippen molar-refractivity contribution < 1.29 is 14.6 Å². The van der Waals surface area contributed by atoms with Crippen molar-refractivity contribution in [1.29, 1.82) is 0 Å². The van der Waals surface area contributed by atoms with E-state index in [0.29, 0.717) is 23.4 Å². The van der Waals surface area contributed by atoms with E-state index in [1.807, 2.05) is 12.1 Å². The molecule has 0 aromatic heterocycles. The monoisotopic (exact) mass is 313 g/mol. The number of nitrogens with one attached hydrogen (secondary N) is 1. The van der Waals surface area contributed by atoms with Crippen LogP contribution in [-0.4, -0.2) is 43.6 Å². The van der Waals surface area contributed by atoms with Crippen molar-refractivity contribution in [2.75, 3.05) is 20.3 Å². The summed E-state index contributed by atoms with van der Waals surface area (Å²) in [6.45, 7) is 5.07. The molecule has 4 nitrogen and oxygen atoms in total. The van der Waals surface area contributed by atoms with E-state index in [1.165, 1.54) is 0 Å². The van der Waals surface area contributed by atoms with Crippen LogP contribution in [0.4, 0.5) is 0 Å². The number of rotatable bonds is 7. The van der Waals surface area contributed by atoms with Crippen LogP contribution in [0, 0.1) is 5.41 Å². The Bertz CT molecular complexity index is 467. The Morgan fingerprint density at radius 3 is 2.76 bits per heavy atom. The van der Waals surface area contributed by atoms with Crippen molar-refractivity contribution >= 4 is 11.6 Å². The lowest BCUT2D eigenvalue weighted by molar-refractivity contribution is -0.0996. The average molecular weight is 314 g/mol. The molecule has 5 heteroatoms. The molecule has 0 aliphatic heterocycles. The third kappa shape index (κ3) is 3.89. The zero-order chi connectivity index (χ0) is 15.5. The molecule has 0 saturated heterocycles. The zero-order valence-corrected chi connectivity index (χ0v) is 13.6. The van der Waals surface area contributed by atoms with Gasteiger partial charge in [0.25, 0.3) is 0 Å². The molecule has 118 valence electrons. The van der Waals surface area contributed by atoms with E-state index in [2.05, 4.69) is 19.2 Å². The molecule has 1 fully saturated rings. The Kier molecular flexibility index (Phi) is 5.49. The second-order valence-corrected chi connectivity index (χ2v) is 6.54. The maximum absolute atomic E-state index is 10.0. The van der Waals surface area contributed by atoms with Gasteiger partial charge in [0.05, 0.1) is 11.1 Å². The van der Waals surface area contributed by atoms with Crippen LogP contribution in [0.2, 0.25) is 5.02 Å². The number of halogens is 1. The second kappa shape index (κ2) is 6.97. The normalized spacial score (nSPS) is 25.2. The molecule has 1 aliphatic carbocycles. The highest BCUT2D eigenvalue weighted by Gasteiger charge is 2.48. The first kappa shape index (κ1) is 16.6. The van der Waals surface area contributed by atoms with Crippen molar-refractivity contribution in [3.8, 4) is 5.75 Å². The van der Waals surface area contributed by atoms with Gasteiger partial charge in [-0.3, -0.25) is 0 Å². The summed E-state index contributed by atoms with van der Waals surface area (Å²) >= 11 is 6.00. The number of hydrogen-bond acceptors (Lipinski definition) is 4. The van der Waals surface area contributed by atoms with Gasteiger partial charge in [0.2, 0.25) is 0 Å². The van der Waals surface area contributed by atoms with Crippen LogP contribution in [0.15, 0.2) is 24.3 Å². The summed E-state index contributed by atoms with van der Waals surface area (Å²) in [5, 5.41) is 13.9. The second-order valence-electron chi connectivity index (χ2n) is 6.14. The highest BCUT2D eigenvalue weighted by Crippen LogP contribution is 2.42. The number of aliphatic hydroxyl groups is 1. The maximum Gasteiger partial charge on any atom is 0.138 e. The van der Waals surface area contributed by atoms with E-state index in [0.717, 1.165) is 6.42 Å². The molecule has 0 bridgehead atoms. The van der Waals surface area contributed by atoms with Crippen LogP contribution in [0.25, 0.3) is 0 Å². The lowest BCUT2D eigenvalue weighted by atomic mass is 9.64. The molecule has 2 N–H and O–H groups in total. The summed E-state index contributed by atoms with van der Waals surface area (Å²) in [7, 11) is 1.74. The first-order chi connectivity index (χ1) is 9.95. The average Bonchev–Trinajstić information content (AvgIpc) is 2.45. The van der Waals surface area contributed by atoms with Crippen molar-refractivity contribution in [3.63, 3.8) is 0 Å². The molecule has 1 aromatic carbocycles. The van der Waals surface area contributed by atoms with Crippen molar-refractivity contribution in [3.05, 3.63) is 29.3 Å². The fraction of sp³-hybridized carbons (Fsp3) is 0.625. The molecule has 0 radical (unpaired) electrons. The van der Waals surface area contributed by atoms with Gasteiger partial charge in [-0.2, -0.15) is 0 Å². The lowest BCUT2D eigenvalue weighted by Crippen LogP contribution is -2.61. The molecule has 1 aliphatic rings.